The lowest BCUT2D eigenvalue weighted by atomic mass is 10.00. The van der Waals surface area contributed by atoms with Crippen LogP contribution in [0.25, 0.3) is 10.2 Å². The van der Waals surface area contributed by atoms with E-state index in [1.165, 1.54) is 6.07 Å². The van der Waals surface area contributed by atoms with Crippen LogP contribution in [0.1, 0.15) is 30.9 Å². The van der Waals surface area contributed by atoms with Gasteiger partial charge in [0.15, 0.2) is 5.82 Å². The topological polar surface area (TPSA) is 75.7 Å². The molecule has 33 heavy (non-hydrogen) atoms. The van der Waals surface area contributed by atoms with E-state index in [1.54, 1.807) is 7.11 Å². The largest absolute Gasteiger partial charge is 0.497 e. The Balaban J connectivity index is 1.15. The predicted molar refractivity (Wildman–Crippen MR) is 120 cm³/mol. The van der Waals surface area contributed by atoms with Gasteiger partial charge in [0.1, 0.15) is 29.2 Å². The third-order valence-corrected chi connectivity index (χ3v) is 7.01. The molecule has 2 fully saturated rings. The number of rotatable bonds is 5. The van der Waals surface area contributed by atoms with Crippen molar-refractivity contribution in [2.24, 2.45) is 0 Å². The van der Waals surface area contributed by atoms with Crippen LogP contribution >= 0.6 is 11.3 Å². The fourth-order valence-corrected chi connectivity index (χ4v) is 5.26. The minimum atomic E-state index is -0.693. The van der Waals surface area contributed by atoms with E-state index in [-0.39, 0.29) is 29.6 Å². The molecule has 0 spiro atoms. The number of piperidine rings is 1. The molecule has 2 atom stereocenters. The Labute approximate surface area is 193 Å². The number of carbonyl (C=O) groups excluding carboxylic acids is 1. The van der Waals surface area contributed by atoms with Gasteiger partial charge in [0.05, 0.1) is 11.8 Å². The molecule has 2 aromatic carbocycles. The first-order chi connectivity index (χ1) is 16.0. The van der Waals surface area contributed by atoms with Crippen molar-refractivity contribution in [3.05, 3.63) is 53.6 Å². The summed E-state index contributed by atoms with van der Waals surface area (Å²) in [4.78, 5) is 19.0. The van der Waals surface area contributed by atoms with Gasteiger partial charge in [-0.25, -0.2) is 19.6 Å². The lowest BCUT2D eigenvalue weighted by Gasteiger charge is -2.33. The maximum atomic E-state index is 13.9. The van der Waals surface area contributed by atoms with Crippen molar-refractivity contribution in [2.45, 2.75) is 37.5 Å². The van der Waals surface area contributed by atoms with Crippen LogP contribution in [0.4, 0.5) is 8.78 Å². The number of fused-ring (bicyclic) bond motifs is 1. The Bertz CT molecular complexity index is 1170. The average molecular weight is 475 g/mol. The van der Waals surface area contributed by atoms with E-state index >= 15 is 0 Å². The number of amides is 1. The molecule has 174 valence electrons. The maximum absolute atomic E-state index is 13.9. The fourth-order valence-electron chi connectivity index (χ4n) is 4.34. The molecule has 5 rings (SSSR count). The highest BCUT2D eigenvalue weighted by Crippen LogP contribution is 2.32. The van der Waals surface area contributed by atoms with Crippen LogP contribution in [0.5, 0.6) is 10.9 Å². The Morgan fingerprint density at radius 3 is 2.79 bits per heavy atom. The van der Waals surface area contributed by atoms with Crippen molar-refractivity contribution in [3.8, 4) is 10.9 Å². The minimum Gasteiger partial charge on any atom is -0.497 e. The van der Waals surface area contributed by atoms with Gasteiger partial charge in [-0.05, 0) is 30.2 Å². The molecule has 2 aliphatic rings. The van der Waals surface area contributed by atoms with E-state index in [0.29, 0.717) is 42.2 Å². The molecule has 7 nitrogen and oxygen atoms in total. The molecule has 2 aliphatic heterocycles. The summed E-state index contributed by atoms with van der Waals surface area (Å²) in [5.74, 6) is -0.483. The molecule has 2 N–H and O–H groups in total. The van der Waals surface area contributed by atoms with Crippen LogP contribution in [-0.2, 0) is 4.79 Å². The van der Waals surface area contributed by atoms with Gasteiger partial charge in [0.25, 0.3) is 5.19 Å². The van der Waals surface area contributed by atoms with Gasteiger partial charge in [0.2, 0.25) is 5.91 Å². The second-order valence-electron chi connectivity index (χ2n) is 8.26. The van der Waals surface area contributed by atoms with E-state index in [4.69, 9.17) is 9.47 Å². The SMILES string of the molecule is COc1cccc(C2CC(C(=O)N3CCC(Oc4nc5c(F)cc(F)cc5s4)CC3)NN2)c1. The highest BCUT2D eigenvalue weighted by atomic mass is 32.1. The zero-order valence-corrected chi connectivity index (χ0v) is 18.8. The molecule has 3 aromatic rings. The first-order valence-corrected chi connectivity index (χ1v) is 11.7. The van der Waals surface area contributed by atoms with Gasteiger partial charge in [-0.1, -0.05) is 23.5 Å². The van der Waals surface area contributed by atoms with E-state index in [1.807, 2.05) is 29.2 Å². The molecule has 2 saturated heterocycles. The second kappa shape index (κ2) is 9.20. The summed E-state index contributed by atoms with van der Waals surface area (Å²) in [7, 11) is 1.63. The summed E-state index contributed by atoms with van der Waals surface area (Å²) in [6.07, 6.45) is 1.83. The third-order valence-electron chi connectivity index (χ3n) is 6.11. The molecule has 1 aromatic heterocycles. The quantitative estimate of drug-likeness (QED) is 0.589. The summed E-state index contributed by atoms with van der Waals surface area (Å²) >= 11 is 1.13. The number of hydrogen-bond donors (Lipinski definition) is 2. The lowest BCUT2D eigenvalue weighted by molar-refractivity contribution is -0.135. The summed E-state index contributed by atoms with van der Waals surface area (Å²) < 4.78 is 38.9. The van der Waals surface area contributed by atoms with Gasteiger partial charge in [0, 0.05) is 38.0 Å². The number of thiazole rings is 1. The smallest absolute Gasteiger partial charge is 0.274 e. The number of benzene rings is 2. The van der Waals surface area contributed by atoms with Crippen LogP contribution in [0.15, 0.2) is 36.4 Å². The van der Waals surface area contributed by atoms with E-state index in [0.717, 1.165) is 28.7 Å². The Hall–Kier alpha value is -2.82. The van der Waals surface area contributed by atoms with E-state index < -0.39 is 11.6 Å². The Morgan fingerprint density at radius 1 is 1.18 bits per heavy atom. The first-order valence-electron chi connectivity index (χ1n) is 10.9. The highest BCUT2D eigenvalue weighted by Gasteiger charge is 2.35. The number of hydrogen-bond acceptors (Lipinski definition) is 7. The molecule has 0 bridgehead atoms. The van der Waals surface area contributed by atoms with Crippen LogP contribution < -0.4 is 20.3 Å². The first kappa shape index (κ1) is 22.0. The van der Waals surface area contributed by atoms with Gasteiger partial charge in [-0.15, -0.1) is 0 Å². The normalized spacial score (nSPS) is 21.5. The molecule has 2 unspecified atom stereocenters. The summed E-state index contributed by atoms with van der Waals surface area (Å²) in [6, 6.07) is 9.61. The van der Waals surface area contributed by atoms with Gasteiger partial charge < -0.3 is 14.4 Å². The molecule has 0 saturated carbocycles. The average Bonchev–Trinajstić information content (AvgIpc) is 3.47. The number of methoxy groups -OCH3 is 1. The molecule has 3 heterocycles. The van der Waals surface area contributed by atoms with Crippen LogP contribution in [-0.4, -0.2) is 48.1 Å². The Morgan fingerprint density at radius 2 is 2.00 bits per heavy atom. The number of nitrogens with zero attached hydrogens (tertiary/aromatic N) is 2. The Kier molecular flexibility index (Phi) is 6.13. The van der Waals surface area contributed by atoms with Crippen molar-refractivity contribution in [1.29, 1.82) is 0 Å². The molecular weight excluding hydrogens is 450 g/mol. The zero-order valence-electron chi connectivity index (χ0n) is 18.0. The summed E-state index contributed by atoms with van der Waals surface area (Å²) in [6.45, 7) is 1.14. The number of halogens is 2. The molecule has 0 aliphatic carbocycles. The van der Waals surface area contributed by atoms with Crippen molar-refractivity contribution in [1.82, 2.24) is 20.7 Å². The standard InChI is InChI=1S/C23H24F2N4O3S/c1-31-16-4-2-3-13(9-16)18-12-19(28-27-18)22(30)29-7-5-15(6-8-29)32-23-26-21-17(25)10-14(24)11-20(21)33-23/h2-4,9-11,15,18-19,27-28H,5-8,12H2,1H3. The van der Waals surface area contributed by atoms with E-state index in [9.17, 15) is 13.6 Å². The van der Waals surface area contributed by atoms with Crippen LogP contribution in [0.3, 0.4) is 0 Å². The third kappa shape index (κ3) is 4.64. The lowest BCUT2D eigenvalue weighted by Crippen LogP contribution is -2.49. The van der Waals surface area contributed by atoms with Gasteiger partial charge >= 0.3 is 0 Å². The molecule has 10 heteroatoms. The van der Waals surface area contributed by atoms with Crippen LogP contribution in [0.2, 0.25) is 0 Å². The van der Waals surface area contributed by atoms with Gasteiger partial charge in [-0.2, -0.15) is 4.98 Å². The number of hydrazine groups is 1. The number of likely N-dealkylation sites (tertiary alicyclic amines) is 1. The zero-order chi connectivity index (χ0) is 22.9. The molecule has 1 amide bonds. The van der Waals surface area contributed by atoms with Crippen LogP contribution in [0, 0.1) is 11.6 Å². The predicted octanol–water partition coefficient (Wildman–Crippen LogP) is 3.56. The van der Waals surface area contributed by atoms with Crippen molar-refractivity contribution < 1.29 is 23.0 Å². The van der Waals surface area contributed by atoms with E-state index in [2.05, 4.69) is 15.8 Å². The van der Waals surface area contributed by atoms with Crippen molar-refractivity contribution in [3.63, 3.8) is 0 Å². The van der Waals surface area contributed by atoms with Gasteiger partial charge in [-0.3, -0.25) is 4.79 Å². The number of nitrogens with one attached hydrogen (secondary N) is 2. The molecule has 0 radical (unpaired) electrons. The number of aromatic nitrogens is 1. The monoisotopic (exact) mass is 474 g/mol. The molecular formula is C23H24F2N4O3S. The van der Waals surface area contributed by atoms with Crippen molar-refractivity contribution >= 4 is 27.5 Å². The highest BCUT2D eigenvalue weighted by molar-refractivity contribution is 7.20. The summed E-state index contributed by atoms with van der Waals surface area (Å²) in [5.41, 5.74) is 7.53. The summed E-state index contributed by atoms with van der Waals surface area (Å²) in [5, 5.41) is 0.321. The second-order valence-corrected chi connectivity index (χ2v) is 9.26. The fraction of sp³-hybridized carbons (Fsp3) is 0.391. The van der Waals surface area contributed by atoms with Crippen molar-refractivity contribution in [2.75, 3.05) is 20.2 Å². The maximum Gasteiger partial charge on any atom is 0.274 e. The number of ether oxygens (including phenoxy) is 2. The number of carbonyl (C=O) groups is 1. The minimum absolute atomic E-state index is 0.0270.